The zero-order chi connectivity index (χ0) is 37.4. The van der Waals surface area contributed by atoms with Crippen LogP contribution in [0.15, 0.2) is 109 Å². The van der Waals surface area contributed by atoms with E-state index in [2.05, 4.69) is 72.1 Å². The Balaban J connectivity index is 0.000000156. The third-order valence-electron chi connectivity index (χ3n) is 10.00. The number of rotatable bonds is 6. The number of morpholine rings is 2. The average molecular weight is 769 g/mol. The first kappa shape index (κ1) is 39.6. The summed E-state index contributed by atoms with van der Waals surface area (Å²) >= 11 is 0. The van der Waals surface area contributed by atoms with Gasteiger partial charge in [-0.25, -0.2) is 19.9 Å². The minimum absolute atomic E-state index is 0. The number of aliphatic hydroxyl groups is 1. The zero-order valence-corrected chi connectivity index (χ0v) is 33.7. The van der Waals surface area contributed by atoms with Crippen LogP contribution in [0.3, 0.4) is 0 Å². The number of hydrogen-bond donors (Lipinski definition) is 1. The van der Waals surface area contributed by atoms with Gasteiger partial charge in [0.05, 0.1) is 62.3 Å². The third kappa shape index (κ3) is 9.66. The van der Waals surface area contributed by atoms with Crippen molar-refractivity contribution < 1.29 is 54.7 Å². The van der Waals surface area contributed by atoms with Crippen molar-refractivity contribution >= 4 is 44.8 Å². The van der Waals surface area contributed by atoms with Crippen LogP contribution in [0.4, 0.5) is 27.4 Å². The molecule has 10 rings (SSSR count). The molecule has 56 heavy (non-hydrogen) atoms. The molecule has 8 heterocycles. The van der Waals surface area contributed by atoms with E-state index in [4.69, 9.17) is 19.2 Å². The summed E-state index contributed by atoms with van der Waals surface area (Å²) in [5.41, 5.74) is 3.67. The maximum Gasteiger partial charge on any atom is 1.00 e. The van der Waals surface area contributed by atoms with Gasteiger partial charge in [0.2, 0.25) is 11.8 Å². The van der Waals surface area contributed by atoms with E-state index in [0.29, 0.717) is 32.0 Å². The molecule has 12 nitrogen and oxygen atoms in total. The predicted octanol–water partition coefficient (Wildman–Crippen LogP) is 2.32. The topological polar surface area (TPSA) is 112 Å². The van der Waals surface area contributed by atoms with E-state index in [1.54, 1.807) is 18.3 Å². The Bertz CT molecular complexity index is 2190. The minimum Gasteiger partial charge on any atom is -1.00 e. The fourth-order valence-corrected chi connectivity index (χ4v) is 6.90. The van der Waals surface area contributed by atoms with Gasteiger partial charge >= 0.3 is 29.6 Å². The molecule has 0 unspecified atom stereocenters. The van der Waals surface area contributed by atoms with E-state index in [1.807, 2.05) is 47.4 Å². The number of hydrogen-bond acceptors (Lipinski definition) is 12. The second kappa shape index (κ2) is 19.0. The molecule has 6 aromatic rings. The maximum atomic E-state index is 13.2. The van der Waals surface area contributed by atoms with Crippen LogP contribution >= 0.6 is 0 Å². The number of ether oxygens (including phenoxy) is 3. The molecule has 4 aliphatic heterocycles. The summed E-state index contributed by atoms with van der Waals surface area (Å²) in [6.45, 7) is 9.09. The molecular formula is C42H46FN8NaO4. The molecule has 1 N–H and O–H groups in total. The van der Waals surface area contributed by atoms with Crippen molar-refractivity contribution in [3.63, 3.8) is 0 Å². The summed E-state index contributed by atoms with van der Waals surface area (Å²) < 4.78 is 30.0. The van der Waals surface area contributed by atoms with Crippen LogP contribution in [0.2, 0.25) is 0 Å². The summed E-state index contributed by atoms with van der Waals surface area (Å²) in [5, 5.41) is 11.5. The Morgan fingerprint density at radius 1 is 0.589 bits per heavy atom. The van der Waals surface area contributed by atoms with E-state index in [0.717, 1.165) is 92.1 Å². The molecule has 0 saturated carbocycles. The summed E-state index contributed by atoms with van der Waals surface area (Å²) in [6.07, 6.45) is 3.20. The van der Waals surface area contributed by atoms with Crippen LogP contribution in [0.25, 0.3) is 21.8 Å². The first-order chi connectivity index (χ1) is 27.1. The molecular weight excluding hydrogens is 723 g/mol. The molecule has 4 aliphatic rings. The van der Waals surface area contributed by atoms with Gasteiger partial charge in [-0.2, -0.15) is 4.39 Å². The van der Waals surface area contributed by atoms with Gasteiger partial charge in [-0.3, -0.25) is 0 Å². The summed E-state index contributed by atoms with van der Waals surface area (Å²) in [6, 6.07) is 32.1. The number of aliphatic hydroxyl groups excluding tert-OH is 1. The quantitative estimate of drug-likeness (QED) is 0.199. The van der Waals surface area contributed by atoms with E-state index in [9.17, 15) is 9.50 Å². The van der Waals surface area contributed by atoms with Gasteiger partial charge < -0.3 is 40.3 Å². The van der Waals surface area contributed by atoms with Crippen molar-refractivity contribution in [3.8, 4) is 5.88 Å². The number of pyridine rings is 4. The van der Waals surface area contributed by atoms with Gasteiger partial charge in [-0.1, -0.05) is 36.4 Å². The Hall–Kier alpha value is -4.63. The number of halogens is 1. The summed E-state index contributed by atoms with van der Waals surface area (Å²) in [4.78, 5) is 25.9. The van der Waals surface area contributed by atoms with Crippen LogP contribution in [-0.2, 0) is 9.47 Å². The molecule has 0 spiro atoms. The van der Waals surface area contributed by atoms with Gasteiger partial charge in [0.1, 0.15) is 23.4 Å². The molecule has 14 heteroatoms. The van der Waals surface area contributed by atoms with Crippen LogP contribution < -0.4 is 53.9 Å². The normalized spacial score (nSPS) is 17.1. The largest absolute Gasteiger partial charge is 1.00 e. The fourth-order valence-electron chi connectivity index (χ4n) is 6.90. The van der Waals surface area contributed by atoms with Gasteiger partial charge in [-0.05, 0) is 60.7 Å². The van der Waals surface area contributed by atoms with Crippen molar-refractivity contribution in [2.45, 2.75) is 12.2 Å². The Morgan fingerprint density at radius 3 is 1.64 bits per heavy atom. The van der Waals surface area contributed by atoms with E-state index in [-0.39, 0.29) is 43.2 Å². The number of anilines is 4. The first-order valence-corrected chi connectivity index (χ1v) is 18.8. The fraction of sp³-hybridized carbons (Fsp3) is 0.333. The van der Waals surface area contributed by atoms with Crippen LogP contribution in [0.1, 0.15) is 1.43 Å². The molecule has 4 saturated heterocycles. The average Bonchev–Trinajstić information content (AvgIpc) is 3.22. The zero-order valence-electron chi connectivity index (χ0n) is 32.7. The molecule has 4 fully saturated rings. The predicted molar refractivity (Wildman–Crippen MR) is 214 cm³/mol. The molecule has 0 bridgehead atoms. The number of aromatic nitrogens is 4. The molecule has 2 aromatic carbocycles. The van der Waals surface area contributed by atoms with Crippen molar-refractivity contribution in [2.75, 3.05) is 98.4 Å². The third-order valence-corrected chi connectivity index (χ3v) is 10.00. The van der Waals surface area contributed by atoms with E-state index >= 15 is 0 Å². The molecule has 0 radical (unpaired) electrons. The second-order valence-electron chi connectivity index (χ2n) is 13.8. The molecule has 0 aliphatic carbocycles. The number of nitrogens with zero attached hydrogens (tertiary/aromatic N) is 8. The minimum atomic E-state index is -0.399. The second-order valence-corrected chi connectivity index (χ2v) is 13.8. The standard InChI is InChI=1S/C21H22N4O2.C12H12N2O.C9H11FN2O.Na.H/c1-2-5-18-16(4-1)7-8-20(23-18)25-14-17(15-25)27-21-19(6-3-9-22-21)24-10-12-26-13-11-24;15-10-7-14(8-10)12-6-5-9-3-1-2-4-11(9)13-12;10-9-8(2-1-3-11-9)12-4-6-13-7-5-12;;/h1-9,17H,10-15H2;1-6,10,15H,7-8H2;1-3H,4-7H2;;/q;;;+1;-1. The maximum absolute atomic E-state index is 13.2. The Labute approximate surface area is 349 Å². The van der Waals surface area contributed by atoms with E-state index in [1.165, 1.54) is 11.6 Å². The number of fused-ring (bicyclic) bond motifs is 2. The molecule has 4 aromatic heterocycles. The van der Waals surface area contributed by atoms with Gasteiger partial charge in [0.15, 0.2) is 0 Å². The number of benzene rings is 2. The molecule has 0 amide bonds. The molecule has 286 valence electrons. The van der Waals surface area contributed by atoms with Crippen LogP contribution in [-0.4, -0.2) is 116 Å². The monoisotopic (exact) mass is 768 g/mol. The van der Waals surface area contributed by atoms with Gasteiger partial charge in [0, 0.05) is 62.4 Å². The Kier molecular flexibility index (Phi) is 13.4. The van der Waals surface area contributed by atoms with Crippen molar-refractivity contribution in [1.29, 1.82) is 0 Å². The van der Waals surface area contributed by atoms with E-state index < -0.39 is 5.95 Å². The van der Waals surface area contributed by atoms with Crippen LogP contribution in [0.5, 0.6) is 5.88 Å². The van der Waals surface area contributed by atoms with Gasteiger partial charge in [0.25, 0.3) is 0 Å². The summed E-state index contributed by atoms with van der Waals surface area (Å²) in [5.74, 6) is 2.28. The molecule has 0 atom stereocenters. The number of para-hydroxylation sites is 2. The van der Waals surface area contributed by atoms with Crippen molar-refractivity contribution in [2.24, 2.45) is 0 Å². The van der Waals surface area contributed by atoms with Crippen LogP contribution in [0, 0.1) is 5.95 Å². The summed E-state index contributed by atoms with van der Waals surface area (Å²) in [7, 11) is 0. The Morgan fingerprint density at radius 2 is 1.09 bits per heavy atom. The van der Waals surface area contributed by atoms with Crippen molar-refractivity contribution in [1.82, 2.24) is 19.9 Å². The SMILES string of the molecule is Fc1ncccc1N1CCOCC1.OC1CN(c2ccc3ccccc3n2)C1.[H-].[Na+].c1cnc(OC2CN(c3ccc4ccccc4n3)C2)c(N2CCOCC2)c1. The van der Waals surface area contributed by atoms with Crippen molar-refractivity contribution in [3.05, 3.63) is 115 Å². The smallest absolute Gasteiger partial charge is 1.00 e. The number of β-amino-alcohol motifs (C(OH)–C–C–N with tert-alkyl or cyclic N) is 1. The van der Waals surface area contributed by atoms with Gasteiger partial charge in [-0.15, -0.1) is 0 Å². The first-order valence-electron chi connectivity index (χ1n) is 18.8.